The Morgan fingerprint density at radius 1 is 1.14 bits per heavy atom. The van der Waals surface area contributed by atoms with Crippen LogP contribution in [0.5, 0.6) is 0 Å². The molecule has 3 aromatic rings. The molecule has 22 heavy (non-hydrogen) atoms. The molecule has 0 fully saturated rings. The third kappa shape index (κ3) is 2.30. The van der Waals surface area contributed by atoms with Crippen molar-refractivity contribution in [3.63, 3.8) is 0 Å². The van der Waals surface area contributed by atoms with Crippen LogP contribution in [0.15, 0.2) is 47.7 Å². The molecule has 112 valence electrons. The predicted octanol–water partition coefficient (Wildman–Crippen LogP) is 3.41. The molecule has 4 nitrogen and oxygen atoms in total. The van der Waals surface area contributed by atoms with E-state index in [1.54, 1.807) is 17.1 Å². The van der Waals surface area contributed by atoms with E-state index in [2.05, 4.69) is 16.9 Å². The summed E-state index contributed by atoms with van der Waals surface area (Å²) in [4.78, 5) is 21.8. The SMILES string of the molecule is CCC(c1ccccn1)n1cnc2c(C)c(C)ccc2c1=O. The zero-order valence-electron chi connectivity index (χ0n) is 13.1. The molecule has 0 N–H and O–H groups in total. The van der Waals surface area contributed by atoms with E-state index in [0.717, 1.165) is 28.8 Å². The predicted molar refractivity (Wildman–Crippen MR) is 88.1 cm³/mol. The molecule has 4 heteroatoms. The van der Waals surface area contributed by atoms with Crippen molar-refractivity contribution in [2.45, 2.75) is 33.2 Å². The van der Waals surface area contributed by atoms with Crippen LogP contribution >= 0.6 is 0 Å². The second-order valence-electron chi connectivity index (χ2n) is 5.54. The minimum absolute atomic E-state index is 0.00870. The summed E-state index contributed by atoms with van der Waals surface area (Å²) in [6.07, 6.45) is 4.19. The van der Waals surface area contributed by atoms with Crippen molar-refractivity contribution < 1.29 is 0 Å². The first kappa shape index (κ1) is 14.4. The maximum Gasteiger partial charge on any atom is 0.261 e. The number of benzene rings is 1. The van der Waals surface area contributed by atoms with Crippen molar-refractivity contribution in [1.29, 1.82) is 0 Å². The molecule has 0 spiro atoms. The maximum atomic E-state index is 12.9. The van der Waals surface area contributed by atoms with Gasteiger partial charge in [-0.2, -0.15) is 0 Å². The van der Waals surface area contributed by atoms with E-state index in [1.807, 2.05) is 44.2 Å². The highest BCUT2D eigenvalue weighted by atomic mass is 16.1. The van der Waals surface area contributed by atoms with Gasteiger partial charge >= 0.3 is 0 Å². The third-order valence-corrected chi connectivity index (χ3v) is 4.23. The van der Waals surface area contributed by atoms with Crippen molar-refractivity contribution >= 4 is 10.9 Å². The topological polar surface area (TPSA) is 47.8 Å². The van der Waals surface area contributed by atoms with Gasteiger partial charge in [0.2, 0.25) is 0 Å². The zero-order valence-corrected chi connectivity index (χ0v) is 13.1. The summed E-state index contributed by atoms with van der Waals surface area (Å²) in [5.74, 6) is 0. The van der Waals surface area contributed by atoms with Crippen molar-refractivity contribution in [3.8, 4) is 0 Å². The molecule has 0 bridgehead atoms. The van der Waals surface area contributed by atoms with Crippen molar-refractivity contribution in [2.24, 2.45) is 0 Å². The molecule has 2 aromatic heterocycles. The van der Waals surface area contributed by atoms with Crippen LogP contribution in [0, 0.1) is 13.8 Å². The summed E-state index contributed by atoms with van der Waals surface area (Å²) in [6.45, 7) is 6.09. The fraction of sp³-hybridized carbons (Fsp3) is 0.278. The van der Waals surface area contributed by atoms with E-state index in [0.29, 0.717) is 5.39 Å². The molecule has 0 aliphatic rings. The first-order chi connectivity index (χ1) is 10.6. The van der Waals surface area contributed by atoms with Gasteiger partial charge in [-0.25, -0.2) is 4.98 Å². The van der Waals surface area contributed by atoms with Crippen LogP contribution in [0.25, 0.3) is 10.9 Å². The lowest BCUT2D eigenvalue weighted by Crippen LogP contribution is -2.26. The molecule has 0 radical (unpaired) electrons. The molecule has 0 saturated carbocycles. The quantitative estimate of drug-likeness (QED) is 0.743. The minimum atomic E-state index is -0.0905. The van der Waals surface area contributed by atoms with E-state index < -0.39 is 0 Å². The number of fused-ring (bicyclic) bond motifs is 1. The van der Waals surface area contributed by atoms with Crippen LogP contribution in [0.2, 0.25) is 0 Å². The van der Waals surface area contributed by atoms with Gasteiger partial charge in [0.15, 0.2) is 0 Å². The smallest absolute Gasteiger partial charge is 0.261 e. The summed E-state index contributed by atoms with van der Waals surface area (Å²) in [5, 5.41) is 0.667. The number of pyridine rings is 1. The Bertz CT molecular complexity index is 869. The summed E-state index contributed by atoms with van der Waals surface area (Å²) >= 11 is 0. The Hall–Kier alpha value is -2.49. The second kappa shape index (κ2) is 5.72. The first-order valence-electron chi connectivity index (χ1n) is 7.51. The number of hydrogen-bond acceptors (Lipinski definition) is 3. The van der Waals surface area contributed by atoms with Crippen molar-refractivity contribution in [3.05, 3.63) is 70.0 Å². The second-order valence-corrected chi connectivity index (χ2v) is 5.54. The lowest BCUT2D eigenvalue weighted by atomic mass is 10.1. The van der Waals surface area contributed by atoms with Gasteiger partial charge in [0.25, 0.3) is 5.56 Å². The molecule has 0 saturated heterocycles. The normalized spacial score (nSPS) is 12.5. The van der Waals surface area contributed by atoms with Gasteiger partial charge < -0.3 is 0 Å². The fourth-order valence-electron chi connectivity index (χ4n) is 2.79. The zero-order chi connectivity index (χ0) is 15.7. The number of aromatic nitrogens is 3. The first-order valence-corrected chi connectivity index (χ1v) is 7.51. The molecule has 2 heterocycles. The van der Waals surface area contributed by atoms with Gasteiger partial charge in [0.05, 0.1) is 29.0 Å². The van der Waals surface area contributed by atoms with Gasteiger partial charge in [0.1, 0.15) is 0 Å². The van der Waals surface area contributed by atoms with Crippen molar-refractivity contribution in [2.75, 3.05) is 0 Å². The van der Waals surface area contributed by atoms with Gasteiger partial charge in [-0.05, 0) is 49.6 Å². The molecule has 1 unspecified atom stereocenters. The van der Waals surface area contributed by atoms with Crippen LogP contribution in [0.4, 0.5) is 0 Å². The van der Waals surface area contributed by atoms with Crippen LogP contribution in [0.3, 0.4) is 0 Å². The Morgan fingerprint density at radius 3 is 2.64 bits per heavy atom. The van der Waals surface area contributed by atoms with E-state index in [1.165, 1.54) is 0 Å². The Balaban J connectivity index is 2.22. The molecular weight excluding hydrogens is 274 g/mol. The number of nitrogens with zero attached hydrogens (tertiary/aromatic N) is 3. The lowest BCUT2D eigenvalue weighted by molar-refractivity contribution is 0.531. The Morgan fingerprint density at radius 2 is 1.95 bits per heavy atom. The molecular formula is C18H19N3O. The largest absolute Gasteiger partial charge is 0.290 e. The number of hydrogen-bond donors (Lipinski definition) is 0. The van der Waals surface area contributed by atoms with E-state index in [-0.39, 0.29) is 11.6 Å². The number of rotatable bonds is 3. The van der Waals surface area contributed by atoms with Gasteiger partial charge in [0, 0.05) is 6.20 Å². The Kier molecular flexibility index (Phi) is 3.75. The van der Waals surface area contributed by atoms with Crippen LogP contribution in [0.1, 0.15) is 36.2 Å². The third-order valence-electron chi connectivity index (χ3n) is 4.23. The average Bonchev–Trinajstić information content (AvgIpc) is 2.55. The Labute approximate surface area is 129 Å². The van der Waals surface area contributed by atoms with Crippen molar-refractivity contribution in [1.82, 2.24) is 14.5 Å². The highest BCUT2D eigenvalue weighted by Gasteiger charge is 2.16. The van der Waals surface area contributed by atoms with Crippen LogP contribution < -0.4 is 5.56 Å². The fourth-order valence-corrected chi connectivity index (χ4v) is 2.79. The highest BCUT2D eigenvalue weighted by Crippen LogP contribution is 2.21. The number of aryl methyl sites for hydroxylation is 2. The van der Waals surface area contributed by atoms with Crippen LogP contribution in [-0.4, -0.2) is 14.5 Å². The average molecular weight is 293 g/mol. The maximum absolute atomic E-state index is 12.9. The monoisotopic (exact) mass is 293 g/mol. The van der Waals surface area contributed by atoms with Gasteiger partial charge in [-0.15, -0.1) is 0 Å². The lowest BCUT2D eigenvalue weighted by Gasteiger charge is -2.18. The summed E-state index contributed by atoms with van der Waals surface area (Å²) < 4.78 is 1.69. The molecule has 1 aromatic carbocycles. The summed E-state index contributed by atoms with van der Waals surface area (Å²) in [5.41, 5.74) is 3.88. The standard InChI is InChI=1S/C18H19N3O/c1-4-16(15-7-5-6-10-19-15)21-11-20-17-13(3)12(2)8-9-14(17)18(21)22/h5-11,16H,4H2,1-3H3. The highest BCUT2D eigenvalue weighted by molar-refractivity contribution is 5.81. The summed E-state index contributed by atoms with van der Waals surface area (Å²) in [6, 6.07) is 9.53. The van der Waals surface area contributed by atoms with E-state index >= 15 is 0 Å². The van der Waals surface area contributed by atoms with Gasteiger partial charge in [-0.1, -0.05) is 19.1 Å². The molecule has 3 rings (SSSR count). The molecule has 1 atom stereocenters. The van der Waals surface area contributed by atoms with Crippen LogP contribution in [-0.2, 0) is 0 Å². The molecule has 0 amide bonds. The van der Waals surface area contributed by atoms with E-state index in [4.69, 9.17) is 0 Å². The molecule has 0 aliphatic carbocycles. The molecule has 0 aliphatic heterocycles. The van der Waals surface area contributed by atoms with E-state index in [9.17, 15) is 4.79 Å². The summed E-state index contributed by atoms with van der Waals surface area (Å²) in [7, 11) is 0. The minimum Gasteiger partial charge on any atom is -0.290 e. The van der Waals surface area contributed by atoms with Gasteiger partial charge in [-0.3, -0.25) is 14.3 Å².